The summed E-state index contributed by atoms with van der Waals surface area (Å²) < 4.78 is 26.6. The number of rotatable bonds is 5. The predicted octanol–water partition coefficient (Wildman–Crippen LogP) is 1.21. The van der Waals surface area contributed by atoms with Crippen molar-refractivity contribution >= 4 is 0 Å². The Labute approximate surface area is 81.3 Å². The Morgan fingerprint density at radius 3 is 2.79 bits per heavy atom. The molecule has 14 heavy (non-hydrogen) atoms. The maximum Gasteiger partial charge on any atom is 0.259 e. The van der Waals surface area contributed by atoms with Gasteiger partial charge in [0.05, 0.1) is 11.9 Å². The molecule has 0 amide bonds. The number of halogens is 2. The molecule has 0 radical (unpaired) electrons. The lowest BCUT2D eigenvalue weighted by Gasteiger charge is -2.15. The van der Waals surface area contributed by atoms with E-state index in [0.29, 0.717) is 12.2 Å². The molecule has 4 nitrogen and oxygen atoms in total. The molecule has 0 aromatic carbocycles. The summed E-state index contributed by atoms with van der Waals surface area (Å²) in [5.74, 6) is 0. The van der Waals surface area contributed by atoms with Gasteiger partial charge in [-0.2, -0.15) is 0 Å². The number of hydrogen-bond donors (Lipinski definition) is 1. The number of nitrogens with zero attached hydrogens (tertiary/aromatic N) is 3. The summed E-state index contributed by atoms with van der Waals surface area (Å²) in [6.07, 6.45) is -0.229. The lowest BCUT2D eigenvalue weighted by Crippen LogP contribution is -2.26. The maximum absolute atomic E-state index is 12.6. The van der Waals surface area contributed by atoms with Crippen molar-refractivity contribution in [2.75, 3.05) is 7.05 Å². The van der Waals surface area contributed by atoms with E-state index in [0.717, 1.165) is 6.42 Å². The second-order valence-corrected chi connectivity index (χ2v) is 2.98. The fourth-order valence-corrected chi connectivity index (χ4v) is 1.30. The first-order chi connectivity index (χ1) is 6.70. The molecule has 0 spiro atoms. The van der Waals surface area contributed by atoms with Crippen LogP contribution >= 0.6 is 0 Å². The predicted molar refractivity (Wildman–Crippen MR) is 48.1 cm³/mol. The third kappa shape index (κ3) is 2.25. The number of aromatic nitrogens is 3. The minimum atomic E-state index is -2.45. The van der Waals surface area contributed by atoms with Gasteiger partial charge in [0.1, 0.15) is 6.04 Å². The molecule has 0 aliphatic carbocycles. The third-order valence-corrected chi connectivity index (χ3v) is 1.96. The highest BCUT2D eigenvalue weighted by atomic mass is 19.3. The summed E-state index contributed by atoms with van der Waals surface area (Å²) in [6.45, 7) is 2.57. The zero-order valence-corrected chi connectivity index (χ0v) is 8.24. The number of nitrogens with one attached hydrogen (secondary N) is 1. The molecule has 0 aliphatic heterocycles. The Morgan fingerprint density at radius 1 is 1.57 bits per heavy atom. The number of aryl methyl sites for hydroxylation is 1. The quantitative estimate of drug-likeness (QED) is 0.784. The van der Waals surface area contributed by atoms with Crippen molar-refractivity contribution in [1.82, 2.24) is 20.3 Å². The van der Waals surface area contributed by atoms with Crippen molar-refractivity contribution in [1.29, 1.82) is 0 Å². The lowest BCUT2D eigenvalue weighted by atomic mass is 10.2. The standard InChI is InChI=1S/C8H14F2N4/c1-3-4-14-6(5-12-13-14)7(11-2)8(9)10/h5,7-8,11H,3-4H2,1-2H3. The summed E-state index contributed by atoms with van der Waals surface area (Å²) in [4.78, 5) is 0. The molecule has 1 N–H and O–H groups in total. The fraction of sp³-hybridized carbons (Fsp3) is 0.750. The lowest BCUT2D eigenvalue weighted by molar-refractivity contribution is 0.0979. The molecular formula is C8H14F2N4. The van der Waals surface area contributed by atoms with Crippen molar-refractivity contribution in [3.63, 3.8) is 0 Å². The maximum atomic E-state index is 12.6. The van der Waals surface area contributed by atoms with Crippen LogP contribution in [0.15, 0.2) is 6.20 Å². The van der Waals surface area contributed by atoms with Gasteiger partial charge in [-0.1, -0.05) is 12.1 Å². The van der Waals surface area contributed by atoms with Crippen LogP contribution in [0.2, 0.25) is 0 Å². The number of alkyl halides is 2. The Balaban J connectivity index is 2.86. The average molecular weight is 204 g/mol. The van der Waals surface area contributed by atoms with E-state index < -0.39 is 12.5 Å². The summed E-state index contributed by atoms with van der Waals surface area (Å²) in [7, 11) is 1.50. The van der Waals surface area contributed by atoms with Crippen LogP contribution in [0.1, 0.15) is 25.1 Å². The van der Waals surface area contributed by atoms with E-state index >= 15 is 0 Å². The summed E-state index contributed by atoms with van der Waals surface area (Å²) in [6, 6.07) is -0.989. The van der Waals surface area contributed by atoms with Crippen LogP contribution in [0.25, 0.3) is 0 Å². The molecule has 1 rings (SSSR count). The highest BCUT2D eigenvalue weighted by molar-refractivity contribution is 5.03. The average Bonchev–Trinajstić information content (AvgIpc) is 2.55. The van der Waals surface area contributed by atoms with E-state index in [2.05, 4.69) is 15.6 Å². The molecule has 6 heteroatoms. The van der Waals surface area contributed by atoms with Crippen molar-refractivity contribution in [3.05, 3.63) is 11.9 Å². The molecule has 1 aromatic rings. The van der Waals surface area contributed by atoms with Gasteiger partial charge in [-0.3, -0.25) is 0 Å². The molecular weight excluding hydrogens is 190 g/mol. The monoisotopic (exact) mass is 204 g/mol. The molecule has 0 aliphatic rings. The fourth-order valence-electron chi connectivity index (χ4n) is 1.30. The van der Waals surface area contributed by atoms with Gasteiger partial charge < -0.3 is 5.32 Å². The second kappa shape index (κ2) is 4.99. The molecule has 1 unspecified atom stereocenters. The van der Waals surface area contributed by atoms with Gasteiger partial charge >= 0.3 is 0 Å². The second-order valence-electron chi connectivity index (χ2n) is 2.98. The van der Waals surface area contributed by atoms with Gasteiger partial charge in [-0.25, -0.2) is 13.5 Å². The van der Waals surface area contributed by atoms with Crippen LogP contribution in [0.4, 0.5) is 8.78 Å². The van der Waals surface area contributed by atoms with E-state index in [1.165, 1.54) is 17.9 Å². The van der Waals surface area contributed by atoms with E-state index in [9.17, 15) is 8.78 Å². The van der Waals surface area contributed by atoms with E-state index in [4.69, 9.17) is 0 Å². The van der Waals surface area contributed by atoms with Gasteiger partial charge in [0.2, 0.25) is 0 Å². The molecule has 1 heterocycles. The minimum absolute atomic E-state index is 0.435. The van der Waals surface area contributed by atoms with Gasteiger partial charge in [-0.05, 0) is 13.5 Å². The zero-order chi connectivity index (χ0) is 10.6. The molecule has 0 bridgehead atoms. The molecule has 0 saturated heterocycles. The largest absolute Gasteiger partial charge is 0.307 e. The SMILES string of the molecule is CCCn1nncc1C(NC)C(F)F. The van der Waals surface area contributed by atoms with Crippen molar-refractivity contribution < 1.29 is 8.78 Å². The van der Waals surface area contributed by atoms with Crippen LogP contribution in [0.3, 0.4) is 0 Å². The van der Waals surface area contributed by atoms with Crippen LogP contribution in [0, 0.1) is 0 Å². The Morgan fingerprint density at radius 2 is 2.29 bits per heavy atom. The molecule has 0 saturated carbocycles. The third-order valence-electron chi connectivity index (χ3n) is 1.96. The van der Waals surface area contributed by atoms with Crippen LogP contribution in [0.5, 0.6) is 0 Å². The van der Waals surface area contributed by atoms with E-state index in [1.807, 2.05) is 6.92 Å². The summed E-state index contributed by atoms with van der Waals surface area (Å²) in [5.41, 5.74) is 0.435. The Hall–Kier alpha value is -1.04. The highest BCUT2D eigenvalue weighted by Crippen LogP contribution is 2.18. The summed E-state index contributed by atoms with van der Waals surface area (Å²) >= 11 is 0. The topological polar surface area (TPSA) is 42.7 Å². The molecule has 0 fully saturated rings. The first kappa shape index (κ1) is 11.0. The highest BCUT2D eigenvalue weighted by Gasteiger charge is 2.24. The smallest absolute Gasteiger partial charge is 0.259 e. The molecule has 1 aromatic heterocycles. The molecule has 1 atom stereocenters. The number of hydrogen-bond acceptors (Lipinski definition) is 3. The van der Waals surface area contributed by atoms with Crippen LogP contribution in [-0.4, -0.2) is 28.5 Å². The minimum Gasteiger partial charge on any atom is -0.307 e. The zero-order valence-electron chi connectivity index (χ0n) is 8.24. The first-order valence-corrected chi connectivity index (χ1v) is 4.54. The van der Waals surface area contributed by atoms with E-state index in [-0.39, 0.29) is 0 Å². The molecule has 80 valence electrons. The van der Waals surface area contributed by atoms with Gasteiger partial charge in [0.25, 0.3) is 6.43 Å². The van der Waals surface area contributed by atoms with Crippen LogP contribution < -0.4 is 5.32 Å². The Bertz CT molecular complexity index is 274. The van der Waals surface area contributed by atoms with Crippen molar-refractivity contribution in [2.24, 2.45) is 0 Å². The summed E-state index contributed by atoms with van der Waals surface area (Å²) in [5, 5.41) is 9.93. The van der Waals surface area contributed by atoms with Gasteiger partial charge in [0.15, 0.2) is 0 Å². The van der Waals surface area contributed by atoms with Crippen LogP contribution in [-0.2, 0) is 6.54 Å². The van der Waals surface area contributed by atoms with Crippen molar-refractivity contribution in [2.45, 2.75) is 32.4 Å². The van der Waals surface area contributed by atoms with Crippen molar-refractivity contribution in [3.8, 4) is 0 Å². The normalized spacial score (nSPS) is 13.5. The van der Waals surface area contributed by atoms with Gasteiger partial charge in [0, 0.05) is 6.54 Å². The Kier molecular flexibility index (Phi) is 3.94. The van der Waals surface area contributed by atoms with E-state index in [1.54, 1.807) is 0 Å². The first-order valence-electron chi connectivity index (χ1n) is 4.54. The van der Waals surface area contributed by atoms with Gasteiger partial charge in [-0.15, -0.1) is 5.10 Å².